The summed E-state index contributed by atoms with van der Waals surface area (Å²) in [5.41, 5.74) is 0.139. The Hall–Kier alpha value is -1.56. The molecule has 0 saturated carbocycles. The molecule has 0 fully saturated rings. The first-order chi connectivity index (χ1) is 5.74. The van der Waals surface area contributed by atoms with Crippen LogP contribution < -0.4 is 0 Å². The van der Waals surface area contributed by atoms with E-state index in [0.29, 0.717) is 0 Å². The number of cyclic esters (lactones) is 2. The SMILES string of the molecule is O=Nc1scc2c1C(=O)OC2=O. The van der Waals surface area contributed by atoms with Crippen molar-refractivity contribution in [1.29, 1.82) is 0 Å². The third-order valence-corrected chi connectivity index (χ3v) is 2.32. The van der Waals surface area contributed by atoms with E-state index < -0.39 is 11.9 Å². The van der Waals surface area contributed by atoms with Crippen LogP contribution in [-0.4, -0.2) is 11.9 Å². The molecule has 0 bridgehead atoms. The molecule has 12 heavy (non-hydrogen) atoms. The summed E-state index contributed by atoms with van der Waals surface area (Å²) in [6, 6.07) is 0. The Morgan fingerprint density at radius 1 is 1.33 bits per heavy atom. The highest BCUT2D eigenvalue weighted by Gasteiger charge is 2.34. The van der Waals surface area contributed by atoms with E-state index in [-0.39, 0.29) is 16.1 Å². The van der Waals surface area contributed by atoms with Crippen LogP contribution in [0.1, 0.15) is 20.7 Å². The molecule has 0 aliphatic carbocycles. The number of nitrogens with zero attached hydrogens (tertiary/aromatic N) is 1. The minimum absolute atomic E-state index is 0.000000000000000222. The molecule has 0 radical (unpaired) electrons. The minimum Gasteiger partial charge on any atom is -0.386 e. The van der Waals surface area contributed by atoms with Crippen molar-refractivity contribution in [2.24, 2.45) is 5.18 Å². The second-order valence-corrected chi connectivity index (χ2v) is 2.96. The van der Waals surface area contributed by atoms with Crippen LogP contribution in [0.2, 0.25) is 0 Å². The smallest absolute Gasteiger partial charge is 0.350 e. The Balaban J connectivity index is 2.70. The lowest BCUT2D eigenvalue weighted by Gasteiger charge is -1.85. The van der Waals surface area contributed by atoms with Gasteiger partial charge in [0.15, 0.2) is 5.00 Å². The third-order valence-electron chi connectivity index (χ3n) is 1.46. The molecule has 60 valence electrons. The Morgan fingerprint density at radius 3 is 2.75 bits per heavy atom. The lowest BCUT2D eigenvalue weighted by molar-refractivity contribution is 0.0444. The largest absolute Gasteiger partial charge is 0.386 e. The molecule has 1 aliphatic heterocycles. The van der Waals surface area contributed by atoms with Gasteiger partial charge in [-0.15, -0.1) is 16.2 Å². The molecular formula is C6HNO4S. The lowest BCUT2D eigenvalue weighted by atomic mass is 10.2. The van der Waals surface area contributed by atoms with E-state index in [1.54, 1.807) is 0 Å². The van der Waals surface area contributed by atoms with Gasteiger partial charge in [-0.25, -0.2) is 9.59 Å². The van der Waals surface area contributed by atoms with Crippen LogP contribution in [0.4, 0.5) is 5.00 Å². The van der Waals surface area contributed by atoms with Gasteiger partial charge in [-0.2, -0.15) is 0 Å². The summed E-state index contributed by atoms with van der Waals surface area (Å²) < 4.78 is 4.24. The van der Waals surface area contributed by atoms with Gasteiger partial charge in [0.25, 0.3) is 0 Å². The summed E-state index contributed by atoms with van der Waals surface area (Å²) in [6.07, 6.45) is 0. The predicted octanol–water partition coefficient (Wildman–Crippen LogP) is 1.46. The van der Waals surface area contributed by atoms with Crippen LogP contribution in [0.5, 0.6) is 0 Å². The first kappa shape index (κ1) is 7.11. The van der Waals surface area contributed by atoms with E-state index in [2.05, 4.69) is 9.91 Å². The Bertz CT molecular complexity index is 394. The molecule has 6 heteroatoms. The standard InChI is InChI=1S/C6HNO4S/c8-5-2-1-12-4(7-10)3(2)6(9)11-5/h1H. The second kappa shape index (κ2) is 2.21. The number of thiophene rings is 1. The molecule has 0 unspecified atom stereocenters. The quantitative estimate of drug-likeness (QED) is 0.375. The highest BCUT2D eigenvalue weighted by atomic mass is 32.1. The van der Waals surface area contributed by atoms with Crippen molar-refractivity contribution in [2.75, 3.05) is 0 Å². The number of hydrogen-bond donors (Lipinski definition) is 0. The van der Waals surface area contributed by atoms with E-state index in [0.717, 1.165) is 11.3 Å². The predicted molar refractivity (Wildman–Crippen MR) is 39.5 cm³/mol. The third kappa shape index (κ3) is 0.722. The van der Waals surface area contributed by atoms with Crippen LogP contribution in [0.15, 0.2) is 10.6 Å². The molecule has 0 aromatic carbocycles. The van der Waals surface area contributed by atoms with Crippen molar-refractivity contribution in [3.05, 3.63) is 21.4 Å². The van der Waals surface area contributed by atoms with Crippen LogP contribution in [0.3, 0.4) is 0 Å². The van der Waals surface area contributed by atoms with Crippen molar-refractivity contribution >= 4 is 28.3 Å². The second-order valence-electron chi connectivity index (χ2n) is 2.10. The Kier molecular flexibility index (Phi) is 1.31. The zero-order valence-corrected chi connectivity index (χ0v) is 6.38. The molecule has 0 spiro atoms. The molecule has 1 aromatic heterocycles. The van der Waals surface area contributed by atoms with Gasteiger partial charge in [0.2, 0.25) is 0 Å². The fourth-order valence-electron chi connectivity index (χ4n) is 0.953. The molecular weight excluding hydrogens is 182 g/mol. The highest BCUT2D eigenvalue weighted by molar-refractivity contribution is 7.14. The number of hydrogen-bond acceptors (Lipinski definition) is 6. The minimum atomic E-state index is -0.786. The molecule has 0 amide bonds. The maximum atomic E-state index is 10.9. The fraction of sp³-hybridized carbons (Fsp3) is 0. The fourth-order valence-corrected chi connectivity index (χ4v) is 1.75. The van der Waals surface area contributed by atoms with Crippen molar-refractivity contribution in [3.8, 4) is 0 Å². The van der Waals surface area contributed by atoms with E-state index in [1.807, 2.05) is 0 Å². The topological polar surface area (TPSA) is 72.8 Å². The van der Waals surface area contributed by atoms with E-state index in [9.17, 15) is 14.5 Å². The normalized spacial score (nSPS) is 14.3. The Labute approximate surface area is 69.9 Å². The first-order valence-corrected chi connectivity index (χ1v) is 3.83. The summed E-state index contributed by atoms with van der Waals surface area (Å²) in [5.74, 6) is -1.49. The van der Waals surface area contributed by atoms with Crippen molar-refractivity contribution in [1.82, 2.24) is 0 Å². The summed E-state index contributed by atoms with van der Waals surface area (Å²) in [6.45, 7) is 0. The van der Waals surface area contributed by atoms with Gasteiger partial charge in [-0.1, -0.05) is 0 Å². The van der Waals surface area contributed by atoms with Gasteiger partial charge >= 0.3 is 11.9 Å². The van der Waals surface area contributed by atoms with Gasteiger partial charge in [-0.05, 0) is 5.18 Å². The summed E-state index contributed by atoms with van der Waals surface area (Å²) >= 11 is 0.959. The molecule has 1 aliphatic rings. The van der Waals surface area contributed by atoms with Crippen LogP contribution >= 0.6 is 11.3 Å². The van der Waals surface area contributed by atoms with Crippen molar-refractivity contribution in [3.63, 3.8) is 0 Å². The molecule has 5 nitrogen and oxygen atoms in total. The molecule has 0 saturated heterocycles. The molecule has 0 atom stereocenters. The van der Waals surface area contributed by atoms with E-state index >= 15 is 0 Å². The molecule has 1 aromatic rings. The molecule has 2 rings (SSSR count). The highest BCUT2D eigenvalue weighted by Crippen LogP contribution is 2.35. The first-order valence-electron chi connectivity index (χ1n) is 2.95. The average Bonchev–Trinajstić information content (AvgIpc) is 2.55. The zero-order valence-electron chi connectivity index (χ0n) is 5.57. The number of ether oxygens (including phenoxy) is 1. The Morgan fingerprint density at radius 2 is 2.08 bits per heavy atom. The zero-order chi connectivity index (χ0) is 8.72. The van der Waals surface area contributed by atoms with E-state index in [1.165, 1.54) is 5.38 Å². The van der Waals surface area contributed by atoms with Crippen molar-refractivity contribution in [2.45, 2.75) is 0 Å². The van der Waals surface area contributed by atoms with Gasteiger partial charge < -0.3 is 4.74 Å². The van der Waals surface area contributed by atoms with Gasteiger partial charge in [0.1, 0.15) is 5.56 Å². The van der Waals surface area contributed by atoms with Gasteiger partial charge in [-0.3, -0.25) is 0 Å². The number of esters is 2. The monoisotopic (exact) mass is 183 g/mol. The summed E-state index contributed by atoms with van der Waals surface area (Å²) in [4.78, 5) is 31.8. The van der Waals surface area contributed by atoms with Crippen LogP contribution in [-0.2, 0) is 4.74 Å². The van der Waals surface area contributed by atoms with Gasteiger partial charge in [0, 0.05) is 5.38 Å². The van der Waals surface area contributed by atoms with Crippen LogP contribution in [0, 0.1) is 4.91 Å². The number of carbonyl (C=O) groups excluding carboxylic acids is 2. The summed E-state index contributed by atoms with van der Waals surface area (Å²) in [7, 11) is 0. The maximum absolute atomic E-state index is 10.9. The number of carbonyl (C=O) groups is 2. The van der Waals surface area contributed by atoms with Crippen LogP contribution in [0.25, 0.3) is 0 Å². The number of rotatable bonds is 1. The lowest BCUT2D eigenvalue weighted by Crippen LogP contribution is -1.97. The molecule has 2 heterocycles. The van der Waals surface area contributed by atoms with Gasteiger partial charge in [0.05, 0.1) is 5.56 Å². The summed E-state index contributed by atoms with van der Waals surface area (Å²) in [5, 5.41) is 3.99. The molecule has 0 N–H and O–H groups in total. The number of fused-ring (bicyclic) bond motifs is 1. The van der Waals surface area contributed by atoms with Crippen molar-refractivity contribution < 1.29 is 14.3 Å². The maximum Gasteiger partial charge on any atom is 0.350 e. The number of nitroso groups, excluding NO2 is 1. The average molecular weight is 183 g/mol. The van der Waals surface area contributed by atoms with E-state index in [4.69, 9.17) is 0 Å².